The van der Waals surface area contributed by atoms with Crippen LogP contribution in [0, 0.1) is 16.2 Å². The topological polar surface area (TPSA) is 48.6 Å². The maximum atomic E-state index is 5.01. The van der Waals surface area contributed by atoms with Crippen molar-refractivity contribution in [2.45, 2.75) is 122 Å². The molecule has 0 unspecified atom stereocenters. The molecule has 0 bridgehead atoms. The molecule has 0 aromatic heterocycles. The second-order valence-electron chi connectivity index (χ2n) is 14.0. The van der Waals surface area contributed by atoms with Crippen LogP contribution in [-0.2, 0) is 4.74 Å². The molecule has 3 heterocycles. The molecule has 0 aromatic carbocycles. The smallest absolute Gasteiger partial charge is 0.0591 e. The van der Waals surface area contributed by atoms with Crippen LogP contribution >= 0.6 is 0 Å². The van der Waals surface area contributed by atoms with Crippen LogP contribution in [0.1, 0.15) is 122 Å². The van der Waals surface area contributed by atoms with Gasteiger partial charge in [-0.1, -0.05) is 109 Å². The number of likely N-dealkylation sites (N-methyl/N-ethyl adjacent to an activating group) is 1. The summed E-state index contributed by atoms with van der Waals surface area (Å²) in [5.41, 5.74) is 1.63. The molecule has 37 heavy (non-hydrogen) atoms. The van der Waals surface area contributed by atoms with Gasteiger partial charge >= 0.3 is 0 Å². The Hall–Kier alpha value is -0.200. The van der Waals surface area contributed by atoms with Gasteiger partial charge in [0.2, 0.25) is 0 Å². The number of piperidine rings is 1. The Morgan fingerprint density at radius 3 is 0.919 bits per heavy atom. The summed E-state index contributed by atoms with van der Waals surface area (Å²) in [6, 6.07) is 0. The third-order valence-electron chi connectivity index (χ3n) is 6.58. The van der Waals surface area contributed by atoms with Crippen LogP contribution in [0.4, 0.5) is 0 Å². The third kappa shape index (κ3) is 49.3. The molecule has 3 rings (SSSR count). The normalized spacial score (nSPS) is 18.4. The quantitative estimate of drug-likeness (QED) is 0.309. The van der Waals surface area contributed by atoms with Gasteiger partial charge in [0.1, 0.15) is 0 Å². The van der Waals surface area contributed by atoms with Gasteiger partial charge in [-0.05, 0) is 49.2 Å². The monoisotopic (exact) mass is 531 g/mol. The minimum atomic E-state index is 0.542. The summed E-state index contributed by atoms with van der Waals surface area (Å²) >= 11 is 0. The first-order valence-corrected chi connectivity index (χ1v) is 15.5. The molecule has 3 saturated heterocycles. The minimum absolute atomic E-state index is 0.542. The van der Waals surface area contributed by atoms with Gasteiger partial charge in [0.15, 0.2) is 0 Å². The number of ether oxygens (including phenoxy) is 1. The van der Waals surface area contributed by atoms with E-state index in [-0.39, 0.29) is 0 Å². The zero-order chi connectivity index (χ0) is 29.2. The Morgan fingerprint density at radius 1 is 0.514 bits per heavy atom. The van der Waals surface area contributed by atoms with Crippen LogP contribution in [0.2, 0.25) is 0 Å². The molecule has 3 N–H and O–H groups in total. The fourth-order valence-electron chi connectivity index (χ4n) is 2.09. The molecule has 0 spiro atoms. The van der Waals surface area contributed by atoms with Crippen molar-refractivity contribution >= 4 is 0 Å². The predicted octanol–water partition coefficient (Wildman–Crippen LogP) is 7.22. The van der Waals surface area contributed by atoms with Crippen LogP contribution in [0.25, 0.3) is 0 Å². The van der Waals surface area contributed by atoms with E-state index in [0.717, 1.165) is 39.4 Å². The van der Waals surface area contributed by atoms with E-state index in [9.17, 15) is 0 Å². The summed E-state index contributed by atoms with van der Waals surface area (Å²) in [6.07, 6.45) is 8.03. The Bertz CT molecular complexity index is 353. The van der Waals surface area contributed by atoms with Crippen LogP contribution in [0.3, 0.4) is 0 Å². The van der Waals surface area contributed by atoms with E-state index in [0.29, 0.717) is 16.2 Å². The van der Waals surface area contributed by atoms with E-state index in [1.54, 1.807) is 0 Å². The number of morpholine rings is 1. The number of nitrogens with zero attached hydrogens (tertiary/aromatic N) is 1. The van der Waals surface area contributed by atoms with E-state index in [1.165, 1.54) is 64.7 Å². The first-order valence-electron chi connectivity index (χ1n) is 15.5. The molecule has 0 atom stereocenters. The molecule has 5 heteroatoms. The van der Waals surface area contributed by atoms with Crippen molar-refractivity contribution in [3.63, 3.8) is 0 Å². The first-order chi connectivity index (χ1) is 17.1. The maximum absolute atomic E-state index is 5.01. The van der Waals surface area contributed by atoms with Crippen LogP contribution in [0.5, 0.6) is 0 Å². The highest BCUT2D eigenvalue weighted by Crippen LogP contribution is 2.17. The van der Waals surface area contributed by atoms with E-state index in [4.69, 9.17) is 4.74 Å². The minimum Gasteiger partial charge on any atom is -0.379 e. The molecule has 228 valence electrons. The third-order valence-corrected chi connectivity index (χ3v) is 6.58. The Morgan fingerprint density at radius 2 is 0.811 bits per heavy atom. The maximum Gasteiger partial charge on any atom is 0.0591 e. The first kappa shape index (κ1) is 41.3. The second-order valence-corrected chi connectivity index (χ2v) is 14.0. The van der Waals surface area contributed by atoms with Gasteiger partial charge < -0.3 is 25.6 Å². The fraction of sp³-hybridized carbons (Fsp3) is 1.00. The van der Waals surface area contributed by atoms with Crippen LogP contribution in [-0.4, -0.2) is 77.5 Å². The van der Waals surface area contributed by atoms with Crippen molar-refractivity contribution in [1.82, 2.24) is 20.9 Å². The standard InChI is InChI=1S/3C6H14.C5H12N2.C5H11N.C4H9NO/c3*1-5-6(2,3)4;1-7-4-2-6-3-5-7;1-2-4-6-5-3-1;1-3-6-4-2-5-1/h3*5H2,1-4H3;6H,2-5H2,1H3;6H,1-5H2;5H,1-4H2. The van der Waals surface area contributed by atoms with Crippen LogP contribution in [0.15, 0.2) is 0 Å². The molecule has 0 aliphatic carbocycles. The fourth-order valence-corrected chi connectivity index (χ4v) is 2.09. The lowest BCUT2D eigenvalue weighted by molar-refractivity contribution is 0.109. The molecular weight excluding hydrogens is 456 g/mol. The molecule has 0 amide bonds. The van der Waals surface area contributed by atoms with E-state index < -0.39 is 0 Å². The van der Waals surface area contributed by atoms with Gasteiger partial charge in [-0.2, -0.15) is 0 Å². The largest absolute Gasteiger partial charge is 0.379 e. The molecule has 3 aliphatic rings. The average molecular weight is 531 g/mol. The Balaban J connectivity index is -0.000000375. The summed E-state index contributed by atoms with van der Waals surface area (Å²) in [5, 5.41) is 9.72. The lowest BCUT2D eigenvalue weighted by Gasteiger charge is -2.21. The summed E-state index contributed by atoms with van der Waals surface area (Å²) in [5.74, 6) is 0. The molecular formula is C32H74N4O. The lowest BCUT2D eigenvalue weighted by atomic mass is 9.94. The second kappa shape index (κ2) is 26.0. The SMILES string of the molecule is C1CCNCC1.C1COCCN1.CCC(C)(C)C.CCC(C)(C)C.CCC(C)(C)C.CN1CCNCC1. The number of rotatable bonds is 0. The molecule has 0 saturated carbocycles. The van der Waals surface area contributed by atoms with Crippen LogP contribution < -0.4 is 16.0 Å². The number of piperazine rings is 1. The number of hydrogen-bond donors (Lipinski definition) is 3. The van der Waals surface area contributed by atoms with Crippen molar-refractivity contribution in [3.05, 3.63) is 0 Å². The van der Waals surface area contributed by atoms with Gasteiger partial charge in [-0.15, -0.1) is 0 Å². The summed E-state index contributed by atoms with van der Waals surface area (Å²) in [7, 11) is 2.15. The van der Waals surface area contributed by atoms with Gasteiger partial charge in [0.05, 0.1) is 13.2 Å². The number of hydrogen-bond acceptors (Lipinski definition) is 5. The molecule has 5 nitrogen and oxygen atoms in total. The van der Waals surface area contributed by atoms with Crippen molar-refractivity contribution in [2.24, 2.45) is 16.2 Å². The van der Waals surface area contributed by atoms with Crippen molar-refractivity contribution in [1.29, 1.82) is 0 Å². The van der Waals surface area contributed by atoms with Crippen molar-refractivity contribution in [2.75, 3.05) is 72.6 Å². The highest BCUT2D eigenvalue weighted by atomic mass is 16.5. The summed E-state index contributed by atoms with van der Waals surface area (Å²) in [6.45, 7) is 37.9. The highest BCUT2D eigenvalue weighted by molar-refractivity contribution is 4.62. The molecule has 0 radical (unpaired) electrons. The van der Waals surface area contributed by atoms with Gasteiger partial charge in [-0.25, -0.2) is 0 Å². The van der Waals surface area contributed by atoms with E-state index in [2.05, 4.69) is 111 Å². The predicted molar refractivity (Wildman–Crippen MR) is 170 cm³/mol. The van der Waals surface area contributed by atoms with E-state index in [1.807, 2.05) is 0 Å². The molecule has 3 aliphatic heterocycles. The zero-order valence-electron chi connectivity index (χ0n) is 28.2. The molecule has 3 fully saturated rings. The average Bonchev–Trinajstić information content (AvgIpc) is 2.87. The Labute approximate surface area is 236 Å². The Kier molecular flexibility index (Phi) is 29.1. The lowest BCUT2D eigenvalue weighted by Crippen LogP contribution is -2.40. The molecule has 0 aromatic rings. The summed E-state index contributed by atoms with van der Waals surface area (Å²) < 4.78 is 5.01. The van der Waals surface area contributed by atoms with Gasteiger partial charge in [0, 0.05) is 39.3 Å². The van der Waals surface area contributed by atoms with Crippen molar-refractivity contribution < 1.29 is 4.74 Å². The van der Waals surface area contributed by atoms with Gasteiger partial charge in [0.25, 0.3) is 0 Å². The van der Waals surface area contributed by atoms with E-state index >= 15 is 0 Å². The summed E-state index contributed by atoms with van der Waals surface area (Å²) in [4.78, 5) is 2.33. The van der Waals surface area contributed by atoms with Gasteiger partial charge in [-0.3, -0.25) is 0 Å². The number of nitrogens with one attached hydrogen (secondary N) is 3. The zero-order valence-corrected chi connectivity index (χ0v) is 28.2. The van der Waals surface area contributed by atoms with Crippen molar-refractivity contribution in [3.8, 4) is 0 Å². The highest BCUT2D eigenvalue weighted by Gasteiger charge is 2.04.